The first kappa shape index (κ1) is 19.7. The topological polar surface area (TPSA) is 84.5 Å². The molecule has 1 aromatic carbocycles. The van der Waals surface area contributed by atoms with E-state index in [1.165, 1.54) is 25.8 Å². The number of carbonyl (C=O) groups excluding carboxylic acids is 3. The zero-order valence-electron chi connectivity index (χ0n) is 15.3. The van der Waals surface area contributed by atoms with Gasteiger partial charge in [0.15, 0.2) is 0 Å². The van der Waals surface area contributed by atoms with Crippen LogP contribution in [0.5, 0.6) is 5.75 Å². The molecule has 140 valence electrons. The van der Waals surface area contributed by atoms with Gasteiger partial charge in [-0.25, -0.2) is 0 Å². The second kappa shape index (κ2) is 9.75. The molecule has 0 radical (unpaired) electrons. The maximum Gasteiger partial charge on any atom is 0.308 e. The zero-order chi connectivity index (χ0) is 18.9. The van der Waals surface area contributed by atoms with Crippen molar-refractivity contribution >= 4 is 17.8 Å². The molecule has 26 heavy (non-hydrogen) atoms. The number of esters is 1. The molecule has 0 aromatic heterocycles. The molecule has 2 rings (SSSR count). The van der Waals surface area contributed by atoms with Crippen LogP contribution in [0.2, 0.25) is 0 Å². The predicted octanol–water partition coefficient (Wildman–Crippen LogP) is 2.59. The number of hydrogen-bond acceptors (Lipinski definition) is 4. The van der Waals surface area contributed by atoms with E-state index >= 15 is 0 Å². The Hall–Kier alpha value is -2.63. The number of allylic oxidation sites excluding steroid dienone is 1. The fourth-order valence-electron chi connectivity index (χ4n) is 3.09. The van der Waals surface area contributed by atoms with E-state index in [0.717, 1.165) is 18.4 Å². The molecule has 0 atom stereocenters. The SMILES string of the molecule is CC(=O)Oc1cccc(C(=O)NCCNC(=O)/C=C(\C)C2CCCC2)c1. The first-order valence-corrected chi connectivity index (χ1v) is 8.98. The Balaban J connectivity index is 1.73. The number of rotatable bonds is 7. The lowest BCUT2D eigenvalue weighted by atomic mass is 9.99. The largest absolute Gasteiger partial charge is 0.427 e. The molecule has 1 saturated carbocycles. The molecule has 1 aromatic rings. The minimum Gasteiger partial charge on any atom is -0.427 e. The summed E-state index contributed by atoms with van der Waals surface area (Å²) < 4.78 is 4.96. The fraction of sp³-hybridized carbons (Fsp3) is 0.450. The summed E-state index contributed by atoms with van der Waals surface area (Å²) in [5.41, 5.74) is 1.53. The summed E-state index contributed by atoms with van der Waals surface area (Å²) in [7, 11) is 0. The Kier molecular flexibility index (Phi) is 7.38. The van der Waals surface area contributed by atoms with Crippen molar-refractivity contribution in [3.63, 3.8) is 0 Å². The second-order valence-corrected chi connectivity index (χ2v) is 6.54. The van der Waals surface area contributed by atoms with Gasteiger partial charge >= 0.3 is 5.97 Å². The monoisotopic (exact) mass is 358 g/mol. The van der Waals surface area contributed by atoms with Crippen molar-refractivity contribution in [2.75, 3.05) is 13.1 Å². The molecule has 6 heteroatoms. The van der Waals surface area contributed by atoms with Gasteiger partial charge in [0.1, 0.15) is 5.75 Å². The van der Waals surface area contributed by atoms with Crippen LogP contribution in [0.1, 0.15) is 49.9 Å². The molecule has 2 amide bonds. The van der Waals surface area contributed by atoms with Gasteiger partial charge in [-0.3, -0.25) is 14.4 Å². The molecule has 1 aliphatic carbocycles. The molecular weight excluding hydrogens is 332 g/mol. The number of hydrogen-bond donors (Lipinski definition) is 2. The van der Waals surface area contributed by atoms with Crippen LogP contribution in [-0.4, -0.2) is 30.9 Å². The maximum absolute atomic E-state index is 12.1. The Morgan fingerprint density at radius 1 is 1.12 bits per heavy atom. The third-order valence-corrected chi connectivity index (χ3v) is 4.43. The molecule has 1 aliphatic rings. The molecule has 1 fully saturated rings. The van der Waals surface area contributed by atoms with Gasteiger partial charge in [0.25, 0.3) is 5.91 Å². The molecular formula is C20H26N2O4. The summed E-state index contributed by atoms with van der Waals surface area (Å²) >= 11 is 0. The van der Waals surface area contributed by atoms with Crippen molar-refractivity contribution in [1.82, 2.24) is 10.6 Å². The van der Waals surface area contributed by atoms with Gasteiger partial charge in [-0.2, -0.15) is 0 Å². The number of carbonyl (C=O) groups is 3. The minimum absolute atomic E-state index is 0.125. The van der Waals surface area contributed by atoms with Crippen molar-refractivity contribution in [3.05, 3.63) is 41.5 Å². The van der Waals surface area contributed by atoms with Gasteiger partial charge in [-0.15, -0.1) is 0 Å². The Bertz CT molecular complexity index is 691. The Morgan fingerprint density at radius 3 is 2.50 bits per heavy atom. The Morgan fingerprint density at radius 2 is 1.81 bits per heavy atom. The van der Waals surface area contributed by atoms with Crippen LogP contribution in [0.15, 0.2) is 35.9 Å². The molecule has 2 N–H and O–H groups in total. The normalized spacial score (nSPS) is 14.8. The number of ether oxygens (including phenoxy) is 1. The zero-order valence-corrected chi connectivity index (χ0v) is 15.3. The van der Waals surface area contributed by atoms with Crippen LogP contribution in [0.4, 0.5) is 0 Å². The van der Waals surface area contributed by atoms with Gasteiger partial charge < -0.3 is 15.4 Å². The number of benzene rings is 1. The van der Waals surface area contributed by atoms with Crippen LogP contribution in [0.25, 0.3) is 0 Å². The highest BCUT2D eigenvalue weighted by atomic mass is 16.5. The molecule has 0 spiro atoms. The first-order chi connectivity index (χ1) is 12.5. The highest BCUT2D eigenvalue weighted by Crippen LogP contribution is 2.30. The molecule has 6 nitrogen and oxygen atoms in total. The van der Waals surface area contributed by atoms with Gasteiger partial charge in [0.2, 0.25) is 5.91 Å². The third-order valence-electron chi connectivity index (χ3n) is 4.43. The van der Waals surface area contributed by atoms with Crippen molar-refractivity contribution < 1.29 is 19.1 Å². The van der Waals surface area contributed by atoms with Crippen molar-refractivity contribution in [2.45, 2.75) is 39.5 Å². The van der Waals surface area contributed by atoms with Crippen molar-refractivity contribution in [2.24, 2.45) is 5.92 Å². The highest BCUT2D eigenvalue weighted by Gasteiger charge is 2.17. The minimum atomic E-state index is -0.439. The standard InChI is InChI=1S/C20H26N2O4/c1-14(16-6-3-4-7-16)12-19(24)21-10-11-22-20(25)17-8-5-9-18(13-17)26-15(2)23/h5,8-9,12-13,16H,3-4,6-7,10-11H2,1-2H3,(H,21,24)(H,22,25)/b14-12+. The molecule has 0 aliphatic heterocycles. The van der Waals surface area contributed by atoms with Gasteiger partial charge in [-0.1, -0.05) is 24.5 Å². The molecule has 0 unspecified atom stereocenters. The van der Waals surface area contributed by atoms with Crippen LogP contribution >= 0.6 is 0 Å². The maximum atomic E-state index is 12.1. The average Bonchev–Trinajstić information content (AvgIpc) is 3.13. The molecule has 0 saturated heterocycles. The predicted molar refractivity (Wildman–Crippen MR) is 98.8 cm³/mol. The van der Waals surface area contributed by atoms with Gasteiger partial charge in [0.05, 0.1) is 0 Å². The lowest BCUT2D eigenvalue weighted by Gasteiger charge is -2.10. The van der Waals surface area contributed by atoms with E-state index in [-0.39, 0.29) is 11.8 Å². The summed E-state index contributed by atoms with van der Waals surface area (Å²) in [6, 6.07) is 6.39. The summed E-state index contributed by atoms with van der Waals surface area (Å²) in [6.45, 7) is 3.98. The second-order valence-electron chi connectivity index (χ2n) is 6.54. The molecule has 0 bridgehead atoms. The van der Waals surface area contributed by atoms with E-state index in [9.17, 15) is 14.4 Å². The van der Waals surface area contributed by atoms with E-state index in [2.05, 4.69) is 10.6 Å². The lowest BCUT2D eigenvalue weighted by Crippen LogP contribution is -2.34. The summed E-state index contributed by atoms with van der Waals surface area (Å²) in [5, 5.41) is 5.51. The van der Waals surface area contributed by atoms with Crippen LogP contribution in [-0.2, 0) is 9.59 Å². The average molecular weight is 358 g/mol. The summed E-state index contributed by atoms with van der Waals surface area (Å²) in [4.78, 5) is 35.0. The van der Waals surface area contributed by atoms with Gasteiger partial charge in [-0.05, 0) is 43.9 Å². The van der Waals surface area contributed by atoms with E-state index in [0.29, 0.717) is 30.3 Å². The van der Waals surface area contributed by atoms with Crippen molar-refractivity contribution in [1.29, 1.82) is 0 Å². The third kappa shape index (κ3) is 6.35. The Labute approximate surface area is 154 Å². The van der Waals surface area contributed by atoms with Gasteiger partial charge in [0, 0.05) is 31.7 Å². The smallest absolute Gasteiger partial charge is 0.308 e. The lowest BCUT2D eigenvalue weighted by molar-refractivity contribution is -0.131. The van der Waals surface area contributed by atoms with E-state index in [1.54, 1.807) is 24.3 Å². The number of nitrogens with one attached hydrogen (secondary N) is 2. The summed E-state index contributed by atoms with van der Waals surface area (Å²) in [6.07, 6.45) is 6.47. The first-order valence-electron chi connectivity index (χ1n) is 8.98. The number of amides is 2. The summed E-state index contributed by atoms with van der Waals surface area (Å²) in [5.74, 6) is 0.00795. The van der Waals surface area contributed by atoms with E-state index in [4.69, 9.17) is 4.74 Å². The van der Waals surface area contributed by atoms with E-state index < -0.39 is 5.97 Å². The quantitative estimate of drug-likeness (QED) is 0.340. The van der Waals surface area contributed by atoms with Crippen LogP contribution in [0.3, 0.4) is 0 Å². The van der Waals surface area contributed by atoms with E-state index in [1.807, 2.05) is 6.92 Å². The highest BCUT2D eigenvalue weighted by molar-refractivity contribution is 5.94. The molecule has 0 heterocycles. The van der Waals surface area contributed by atoms with Crippen LogP contribution in [0, 0.1) is 5.92 Å². The van der Waals surface area contributed by atoms with Crippen LogP contribution < -0.4 is 15.4 Å². The fourth-order valence-corrected chi connectivity index (χ4v) is 3.09. The van der Waals surface area contributed by atoms with Crippen molar-refractivity contribution in [3.8, 4) is 5.75 Å².